The number of hydrogen-bond acceptors (Lipinski definition) is 5. The quantitative estimate of drug-likeness (QED) is 0.404. The summed E-state index contributed by atoms with van der Waals surface area (Å²) in [6.07, 6.45) is -1.55. The highest BCUT2D eigenvalue weighted by molar-refractivity contribution is 6.34. The number of aliphatic hydroxyl groups is 1. The summed E-state index contributed by atoms with van der Waals surface area (Å²) in [4.78, 5) is 6.71. The fourth-order valence-electron chi connectivity index (χ4n) is 4.74. The lowest BCUT2D eigenvalue weighted by atomic mass is 10.1. The number of pyridine rings is 1. The average molecular weight is 489 g/mol. The molecule has 2 fully saturated rings. The van der Waals surface area contributed by atoms with E-state index in [-0.39, 0.29) is 31.2 Å². The highest BCUT2D eigenvalue weighted by atomic mass is 35.5. The summed E-state index contributed by atoms with van der Waals surface area (Å²) < 4.78 is 45.7. The van der Waals surface area contributed by atoms with Crippen LogP contribution in [-0.2, 0) is 17.7 Å². The van der Waals surface area contributed by atoms with Crippen LogP contribution in [0.5, 0.6) is 0 Å². The van der Waals surface area contributed by atoms with Crippen LogP contribution >= 0.6 is 11.6 Å². The third-order valence-corrected chi connectivity index (χ3v) is 6.87. The van der Waals surface area contributed by atoms with Gasteiger partial charge in [-0.05, 0) is 44.2 Å². The molecule has 33 heavy (non-hydrogen) atoms. The molecule has 184 valence electrons. The van der Waals surface area contributed by atoms with Crippen LogP contribution in [0.4, 0.5) is 13.2 Å². The number of aromatic nitrogens is 2. The number of hydrogen-bond donors (Lipinski definition) is 2. The minimum Gasteiger partial charge on any atom is -0.376 e. The van der Waals surface area contributed by atoms with Gasteiger partial charge in [-0.25, -0.2) is 4.98 Å². The van der Waals surface area contributed by atoms with Gasteiger partial charge in [-0.15, -0.1) is 0 Å². The molecule has 0 amide bonds. The second-order valence-corrected chi connectivity index (χ2v) is 9.39. The van der Waals surface area contributed by atoms with Gasteiger partial charge in [-0.2, -0.15) is 13.2 Å². The molecule has 6 nitrogen and oxygen atoms in total. The van der Waals surface area contributed by atoms with Crippen molar-refractivity contribution in [3.63, 3.8) is 0 Å². The highest BCUT2D eigenvalue weighted by Crippen LogP contribution is 2.38. The van der Waals surface area contributed by atoms with E-state index >= 15 is 0 Å². The summed E-state index contributed by atoms with van der Waals surface area (Å²) in [7, 11) is 0. The van der Waals surface area contributed by atoms with Crippen molar-refractivity contribution < 1.29 is 23.0 Å². The lowest BCUT2D eigenvalue weighted by Gasteiger charge is -2.38. The van der Waals surface area contributed by atoms with Crippen molar-refractivity contribution in [3.8, 4) is 0 Å². The number of halogens is 4. The SMILES string of the molecule is CCc1cn(CCCC(F)(F)F)c2cc([C@@H](C)N(C3CC3)C(O)[C@H]3CNCCO3)nc(Cl)c12. The van der Waals surface area contributed by atoms with Crippen molar-refractivity contribution >= 4 is 22.5 Å². The van der Waals surface area contributed by atoms with Gasteiger partial charge in [-0.1, -0.05) is 18.5 Å². The molecule has 4 rings (SSSR count). The smallest absolute Gasteiger partial charge is 0.376 e. The van der Waals surface area contributed by atoms with Gasteiger partial charge in [-0.3, -0.25) is 4.90 Å². The lowest BCUT2D eigenvalue weighted by molar-refractivity contribution is -0.135. The molecule has 2 aliphatic rings. The number of alkyl halides is 3. The Morgan fingerprint density at radius 2 is 2.15 bits per heavy atom. The largest absolute Gasteiger partial charge is 0.389 e. The lowest BCUT2D eigenvalue weighted by Crippen LogP contribution is -2.53. The van der Waals surface area contributed by atoms with Crippen LogP contribution in [0.25, 0.3) is 10.9 Å². The first kappa shape index (κ1) is 24.7. The zero-order chi connectivity index (χ0) is 23.8. The predicted octanol–water partition coefficient (Wildman–Crippen LogP) is 4.43. The Hall–Kier alpha value is -1.39. The second kappa shape index (κ2) is 10.1. The summed E-state index contributed by atoms with van der Waals surface area (Å²) in [6, 6.07) is 1.92. The first-order chi connectivity index (χ1) is 15.7. The fourth-order valence-corrected chi connectivity index (χ4v) is 5.05. The number of nitrogens with zero attached hydrogens (tertiary/aromatic N) is 3. The second-order valence-electron chi connectivity index (χ2n) is 9.03. The Morgan fingerprint density at radius 1 is 1.39 bits per heavy atom. The summed E-state index contributed by atoms with van der Waals surface area (Å²) in [5, 5.41) is 15.5. The monoisotopic (exact) mass is 488 g/mol. The van der Waals surface area contributed by atoms with E-state index in [2.05, 4.69) is 10.3 Å². The van der Waals surface area contributed by atoms with E-state index in [4.69, 9.17) is 16.3 Å². The van der Waals surface area contributed by atoms with Crippen LogP contribution in [0, 0.1) is 0 Å². The molecule has 0 radical (unpaired) electrons. The van der Waals surface area contributed by atoms with E-state index in [0.717, 1.165) is 35.9 Å². The van der Waals surface area contributed by atoms with E-state index in [1.807, 2.05) is 35.6 Å². The van der Waals surface area contributed by atoms with E-state index in [9.17, 15) is 18.3 Å². The van der Waals surface area contributed by atoms with Gasteiger partial charge < -0.3 is 19.7 Å². The highest BCUT2D eigenvalue weighted by Gasteiger charge is 2.41. The van der Waals surface area contributed by atoms with Crippen molar-refractivity contribution in [1.82, 2.24) is 19.8 Å². The number of nitrogens with one attached hydrogen (secondary N) is 1. The van der Waals surface area contributed by atoms with Crippen LogP contribution in [0.2, 0.25) is 5.15 Å². The standard InChI is InChI=1S/C23H32ClF3N4O2/c1-3-15-13-30(9-4-7-23(25,26)27)18-11-17(29-21(24)20(15)18)14(2)31(16-5-6-16)22(32)19-12-28-8-10-33-19/h11,13-14,16,19,22,28,32H,3-10,12H2,1-2H3/t14-,19-,22?/m1/s1. The van der Waals surface area contributed by atoms with E-state index < -0.39 is 18.8 Å². The van der Waals surface area contributed by atoms with Crippen LogP contribution < -0.4 is 5.32 Å². The third kappa shape index (κ3) is 5.65. The Balaban J connectivity index is 1.64. The first-order valence-corrected chi connectivity index (χ1v) is 12.1. The van der Waals surface area contributed by atoms with Crippen molar-refractivity contribution in [1.29, 1.82) is 0 Å². The predicted molar refractivity (Wildman–Crippen MR) is 121 cm³/mol. The van der Waals surface area contributed by atoms with Crippen LogP contribution in [0.3, 0.4) is 0 Å². The van der Waals surface area contributed by atoms with Gasteiger partial charge in [0.2, 0.25) is 0 Å². The number of aryl methyl sites for hydroxylation is 2. The van der Waals surface area contributed by atoms with E-state index in [1.54, 1.807) is 0 Å². The van der Waals surface area contributed by atoms with Gasteiger partial charge in [0.25, 0.3) is 0 Å². The molecule has 3 heterocycles. The number of rotatable bonds is 9. The van der Waals surface area contributed by atoms with Gasteiger partial charge in [0, 0.05) is 43.7 Å². The molecule has 3 atom stereocenters. The third-order valence-electron chi connectivity index (χ3n) is 6.59. The Bertz CT molecular complexity index is 957. The normalized spacial score (nSPS) is 21.6. The van der Waals surface area contributed by atoms with Gasteiger partial charge >= 0.3 is 6.18 Å². The zero-order valence-electron chi connectivity index (χ0n) is 19.0. The van der Waals surface area contributed by atoms with Crippen molar-refractivity contribution in [2.24, 2.45) is 0 Å². The first-order valence-electron chi connectivity index (χ1n) is 11.7. The fraction of sp³-hybridized carbons (Fsp3) is 0.696. The van der Waals surface area contributed by atoms with Gasteiger partial charge in [0.05, 0.1) is 23.9 Å². The van der Waals surface area contributed by atoms with E-state index in [1.165, 1.54) is 0 Å². The maximum atomic E-state index is 12.7. The number of ether oxygens (including phenoxy) is 1. The summed E-state index contributed by atoms with van der Waals surface area (Å²) >= 11 is 6.62. The topological polar surface area (TPSA) is 62.5 Å². The Kier molecular flexibility index (Phi) is 7.55. The molecule has 1 aliphatic carbocycles. The molecule has 2 N–H and O–H groups in total. The number of aliphatic hydroxyl groups excluding tert-OH is 1. The Labute approximate surface area is 197 Å². The molecule has 1 saturated heterocycles. The zero-order valence-corrected chi connectivity index (χ0v) is 19.8. The van der Waals surface area contributed by atoms with Crippen molar-refractivity contribution in [3.05, 3.63) is 28.7 Å². The maximum absolute atomic E-state index is 12.7. The van der Waals surface area contributed by atoms with Crippen LogP contribution in [0.15, 0.2) is 12.3 Å². The molecule has 0 spiro atoms. The summed E-state index contributed by atoms with van der Waals surface area (Å²) in [5.74, 6) is 0. The minimum absolute atomic E-state index is 0.000194. The minimum atomic E-state index is -4.17. The summed E-state index contributed by atoms with van der Waals surface area (Å²) in [5.41, 5.74) is 2.45. The van der Waals surface area contributed by atoms with E-state index in [0.29, 0.717) is 30.4 Å². The average Bonchev–Trinajstić information content (AvgIpc) is 3.54. The molecule has 1 aliphatic heterocycles. The Morgan fingerprint density at radius 3 is 2.76 bits per heavy atom. The molecule has 1 saturated carbocycles. The number of morpholine rings is 1. The number of fused-ring (bicyclic) bond motifs is 1. The molecular weight excluding hydrogens is 457 g/mol. The maximum Gasteiger partial charge on any atom is 0.389 e. The van der Waals surface area contributed by atoms with Crippen LogP contribution in [-0.4, -0.2) is 63.8 Å². The van der Waals surface area contributed by atoms with Crippen molar-refractivity contribution in [2.45, 2.75) is 83.1 Å². The molecule has 2 aromatic rings. The van der Waals surface area contributed by atoms with Gasteiger partial charge in [0.15, 0.2) is 0 Å². The van der Waals surface area contributed by atoms with Crippen LogP contribution in [0.1, 0.15) is 56.8 Å². The molecule has 0 bridgehead atoms. The van der Waals surface area contributed by atoms with Gasteiger partial charge in [0.1, 0.15) is 17.5 Å². The molecule has 0 aromatic carbocycles. The molecule has 2 aromatic heterocycles. The summed E-state index contributed by atoms with van der Waals surface area (Å²) in [6.45, 7) is 6.12. The molecular formula is C23H32ClF3N4O2. The van der Waals surface area contributed by atoms with Crippen molar-refractivity contribution in [2.75, 3.05) is 19.7 Å². The molecule has 10 heteroatoms. The molecule has 1 unspecified atom stereocenters.